The molecule has 8 nitrogen and oxygen atoms in total. The highest BCUT2D eigenvalue weighted by Crippen LogP contribution is 2.26. The van der Waals surface area contributed by atoms with Crippen LogP contribution in [-0.2, 0) is 19.6 Å². The van der Waals surface area contributed by atoms with Gasteiger partial charge in [0.05, 0.1) is 0 Å². The molecule has 0 heterocycles. The molecule has 0 fully saturated rings. The van der Waals surface area contributed by atoms with Crippen molar-refractivity contribution in [3.8, 4) is 11.5 Å². The topological polar surface area (TPSA) is 89.5 Å². The van der Waals surface area contributed by atoms with Crippen LogP contribution in [0.4, 0.5) is 9.59 Å². The number of ether oxygens (including phenoxy) is 2. The lowest BCUT2D eigenvalue weighted by Gasteiger charge is -2.28. The van der Waals surface area contributed by atoms with Gasteiger partial charge in [-0.2, -0.15) is 9.78 Å². The summed E-state index contributed by atoms with van der Waals surface area (Å²) >= 11 is 11.6. The molecule has 0 atom stereocenters. The molecular formula is C22H24Cl2O8. The maximum atomic E-state index is 11.8. The van der Waals surface area contributed by atoms with E-state index in [-0.39, 0.29) is 11.5 Å². The van der Waals surface area contributed by atoms with Crippen LogP contribution in [0.15, 0.2) is 48.5 Å². The van der Waals surface area contributed by atoms with Gasteiger partial charge in [-0.15, -0.1) is 0 Å². The van der Waals surface area contributed by atoms with Crippen molar-refractivity contribution in [2.45, 2.75) is 51.7 Å². The van der Waals surface area contributed by atoms with Crippen molar-refractivity contribution >= 4 is 35.5 Å². The van der Waals surface area contributed by atoms with Gasteiger partial charge in [0.15, 0.2) is 0 Å². The Hall–Kier alpha value is -2.52. The molecule has 0 N–H and O–H groups in total. The van der Waals surface area contributed by atoms with Gasteiger partial charge in [0.25, 0.3) is 0 Å². The van der Waals surface area contributed by atoms with Crippen LogP contribution in [0.1, 0.15) is 40.5 Å². The Morgan fingerprint density at radius 1 is 0.656 bits per heavy atom. The maximum Gasteiger partial charge on any atom is 0.546 e. The van der Waals surface area contributed by atoms with Gasteiger partial charge in [0.1, 0.15) is 22.7 Å². The lowest BCUT2D eigenvalue weighted by atomic mass is 9.94. The number of rotatable bonds is 9. The normalized spacial score (nSPS) is 11.6. The van der Waals surface area contributed by atoms with Crippen molar-refractivity contribution < 1.29 is 38.6 Å². The minimum absolute atomic E-state index is 0.262. The molecule has 0 spiro atoms. The van der Waals surface area contributed by atoms with Crippen LogP contribution in [0.5, 0.6) is 11.5 Å². The molecule has 0 saturated heterocycles. The van der Waals surface area contributed by atoms with Gasteiger partial charge in [0, 0.05) is 10.0 Å². The monoisotopic (exact) mass is 486 g/mol. The third-order valence-electron chi connectivity index (χ3n) is 4.03. The first kappa shape index (κ1) is 25.7. The van der Waals surface area contributed by atoms with Crippen molar-refractivity contribution in [2.75, 3.05) is 0 Å². The van der Waals surface area contributed by atoms with E-state index < -0.39 is 23.5 Å². The van der Waals surface area contributed by atoms with Crippen molar-refractivity contribution in [1.82, 2.24) is 0 Å². The molecule has 0 bridgehead atoms. The minimum Gasteiger partial charge on any atom is -0.393 e. The first-order chi connectivity index (χ1) is 14.9. The number of hydrogen-bond acceptors (Lipinski definition) is 8. The van der Waals surface area contributed by atoms with E-state index in [9.17, 15) is 9.59 Å². The van der Waals surface area contributed by atoms with Crippen LogP contribution < -0.4 is 9.47 Å². The zero-order valence-corrected chi connectivity index (χ0v) is 19.6. The SMILES string of the molecule is CC(C)(CCC(C)(C)OOC(=O)Oc1ccc(Cl)cc1)OOC(=O)Oc1ccc(Cl)cc1. The summed E-state index contributed by atoms with van der Waals surface area (Å²) in [5, 5.41) is 1.02. The third kappa shape index (κ3) is 9.74. The second-order valence-corrected chi connectivity index (χ2v) is 8.84. The first-order valence-corrected chi connectivity index (χ1v) is 10.4. The predicted molar refractivity (Wildman–Crippen MR) is 117 cm³/mol. The second-order valence-electron chi connectivity index (χ2n) is 7.96. The summed E-state index contributed by atoms with van der Waals surface area (Å²) in [5.74, 6) is 0.524. The summed E-state index contributed by atoms with van der Waals surface area (Å²) < 4.78 is 9.96. The van der Waals surface area contributed by atoms with Crippen LogP contribution >= 0.6 is 23.2 Å². The summed E-state index contributed by atoms with van der Waals surface area (Å²) in [6.07, 6.45) is -1.26. The van der Waals surface area contributed by atoms with Gasteiger partial charge < -0.3 is 9.47 Å². The standard InChI is InChI=1S/C22H24Cl2O8/c1-21(2,31-29-19(25)27-17-9-5-15(23)6-10-17)13-14-22(3,4)32-30-20(26)28-18-11-7-16(24)8-12-18/h5-12H,13-14H2,1-4H3. The summed E-state index contributed by atoms with van der Waals surface area (Å²) in [6.45, 7) is 6.87. The third-order valence-corrected chi connectivity index (χ3v) is 4.53. The molecule has 2 aromatic rings. The van der Waals surface area contributed by atoms with Crippen LogP contribution in [0, 0.1) is 0 Å². The summed E-state index contributed by atoms with van der Waals surface area (Å²) in [5.41, 5.74) is -1.74. The van der Waals surface area contributed by atoms with E-state index >= 15 is 0 Å². The second kappa shape index (κ2) is 11.4. The van der Waals surface area contributed by atoms with Gasteiger partial charge >= 0.3 is 12.3 Å². The summed E-state index contributed by atoms with van der Waals surface area (Å²) in [6, 6.07) is 12.4. The molecule has 0 aliphatic rings. The Labute approximate surface area is 196 Å². The van der Waals surface area contributed by atoms with E-state index in [2.05, 4.69) is 0 Å². The average molecular weight is 487 g/mol. The number of benzene rings is 2. The highest BCUT2D eigenvalue weighted by Gasteiger charge is 2.30. The first-order valence-electron chi connectivity index (χ1n) is 9.60. The van der Waals surface area contributed by atoms with Gasteiger partial charge in [-0.1, -0.05) is 23.2 Å². The molecule has 174 valence electrons. The summed E-state index contributed by atoms with van der Waals surface area (Å²) in [7, 11) is 0. The number of hydrogen-bond donors (Lipinski definition) is 0. The molecule has 0 amide bonds. The molecule has 0 saturated carbocycles. The Morgan fingerprint density at radius 3 is 1.28 bits per heavy atom. The number of carbonyl (C=O) groups is 2. The van der Waals surface area contributed by atoms with Crippen LogP contribution in [-0.4, -0.2) is 23.5 Å². The number of halogens is 2. The highest BCUT2D eigenvalue weighted by molar-refractivity contribution is 6.30. The maximum absolute atomic E-state index is 11.8. The van der Waals surface area contributed by atoms with E-state index in [1.165, 1.54) is 24.3 Å². The van der Waals surface area contributed by atoms with Crippen molar-refractivity contribution in [1.29, 1.82) is 0 Å². The van der Waals surface area contributed by atoms with E-state index in [0.29, 0.717) is 22.9 Å². The molecule has 32 heavy (non-hydrogen) atoms. The van der Waals surface area contributed by atoms with Gasteiger partial charge in [0.2, 0.25) is 0 Å². The fraction of sp³-hybridized carbons (Fsp3) is 0.364. The fourth-order valence-corrected chi connectivity index (χ4v) is 2.46. The average Bonchev–Trinajstić information content (AvgIpc) is 2.73. The Kier molecular flexibility index (Phi) is 9.15. The molecule has 0 aliphatic heterocycles. The Balaban J connectivity index is 1.72. The van der Waals surface area contributed by atoms with Crippen molar-refractivity contribution in [2.24, 2.45) is 0 Å². The van der Waals surface area contributed by atoms with E-state index in [1.54, 1.807) is 52.0 Å². The van der Waals surface area contributed by atoms with E-state index in [0.717, 1.165) is 0 Å². The molecule has 0 unspecified atom stereocenters. The molecule has 0 aromatic heterocycles. The zero-order valence-electron chi connectivity index (χ0n) is 18.1. The quantitative estimate of drug-likeness (QED) is 0.163. The largest absolute Gasteiger partial charge is 0.546 e. The molecular weight excluding hydrogens is 463 g/mol. The highest BCUT2D eigenvalue weighted by atomic mass is 35.5. The van der Waals surface area contributed by atoms with Gasteiger partial charge in [-0.25, -0.2) is 9.59 Å². The molecule has 0 radical (unpaired) electrons. The minimum atomic E-state index is -1.02. The van der Waals surface area contributed by atoms with Crippen LogP contribution in [0.3, 0.4) is 0 Å². The molecule has 10 heteroatoms. The molecule has 2 aromatic carbocycles. The van der Waals surface area contributed by atoms with Crippen LogP contribution in [0.25, 0.3) is 0 Å². The molecule has 2 rings (SSSR count). The Morgan fingerprint density at radius 2 is 0.969 bits per heavy atom. The van der Waals surface area contributed by atoms with Crippen molar-refractivity contribution in [3.05, 3.63) is 58.6 Å². The van der Waals surface area contributed by atoms with Crippen molar-refractivity contribution in [3.63, 3.8) is 0 Å². The predicted octanol–water partition coefficient (Wildman–Crippen LogP) is 6.93. The fourth-order valence-electron chi connectivity index (χ4n) is 2.21. The van der Waals surface area contributed by atoms with Gasteiger partial charge in [-0.3, -0.25) is 9.78 Å². The van der Waals surface area contributed by atoms with E-state index in [1.807, 2.05) is 0 Å². The molecule has 0 aliphatic carbocycles. The zero-order chi connectivity index (χ0) is 23.8. The Bertz CT molecular complexity index is 820. The lowest BCUT2D eigenvalue weighted by molar-refractivity contribution is -0.331. The smallest absolute Gasteiger partial charge is 0.393 e. The van der Waals surface area contributed by atoms with Gasteiger partial charge in [-0.05, 0) is 89.1 Å². The van der Waals surface area contributed by atoms with Crippen LogP contribution in [0.2, 0.25) is 10.0 Å². The van der Waals surface area contributed by atoms with E-state index in [4.69, 9.17) is 52.2 Å². The lowest BCUT2D eigenvalue weighted by Crippen LogP contribution is -2.33. The number of carbonyl (C=O) groups excluding carboxylic acids is 2. The summed E-state index contributed by atoms with van der Waals surface area (Å²) in [4.78, 5) is 43.4.